The number of hydrogen-bond acceptors (Lipinski definition) is 2. The molecule has 0 aliphatic heterocycles. The molecule has 0 saturated carbocycles. The van der Waals surface area contributed by atoms with Gasteiger partial charge in [-0.2, -0.15) is 0 Å². The van der Waals surface area contributed by atoms with Crippen LogP contribution >= 0.6 is 0 Å². The number of ether oxygens (including phenoxy) is 2. The molecule has 2 aromatic rings. The van der Waals surface area contributed by atoms with E-state index in [0.717, 1.165) is 17.6 Å². The summed E-state index contributed by atoms with van der Waals surface area (Å²) in [7, 11) is 0.0362. The molecule has 1 atom stereocenters. The first kappa shape index (κ1) is 21.4. The van der Waals surface area contributed by atoms with E-state index >= 15 is 0 Å². The van der Waals surface area contributed by atoms with Gasteiger partial charge >= 0.3 is 0 Å². The lowest BCUT2D eigenvalue weighted by atomic mass is 9.85. The Morgan fingerprint density at radius 1 is 1.07 bits per heavy atom. The Morgan fingerprint density at radius 3 is 2.45 bits per heavy atom. The van der Waals surface area contributed by atoms with Crippen LogP contribution < -0.4 is 4.74 Å². The van der Waals surface area contributed by atoms with E-state index in [1.165, 1.54) is 22.3 Å². The molecule has 2 aromatic carbocycles. The van der Waals surface area contributed by atoms with E-state index in [1.807, 2.05) is 6.08 Å². The third kappa shape index (κ3) is 4.35. The monoisotopic (exact) mass is 406 g/mol. The summed E-state index contributed by atoms with van der Waals surface area (Å²) in [5.41, 5.74) is 5.68. The average molecular weight is 407 g/mol. The zero-order valence-electron chi connectivity index (χ0n) is 18.7. The van der Waals surface area contributed by atoms with E-state index < -0.39 is 8.07 Å². The highest BCUT2D eigenvalue weighted by Crippen LogP contribution is 2.44. The Bertz CT molecular complexity index is 919. The summed E-state index contributed by atoms with van der Waals surface area (Å²) < 4.78 is 11.9. The molecule has 1 unspecified atom stereocenters. The van der Waals surface area contributed by atoms with Gasteiger partial charge in [0.1, 0.15) is 18.1 Å². The second kappa shape index (κ2) is 8.23. The molecular weight excluding hydrogens is 372 g/mol. The van der Waals surface area contributed by atoms with Crippen molar-refractivity contribution in [2.75, 3.05) is 13.7 Å². The SMILES string of the molecule is C=CCOc1c(C[Si](C)(C)C2C=C(OC)c3ccccc32)cccc1C(C)(C)C. The first-order valence-electron chi connectivity index (χ1n) is 10.4. The predicted octanol–water partition coefficient (Wildman–Crippen LogP) is 6.66. The van der Waals surface area contributed by atoms with Crippen molar-refractivity contribution in [3.8, 4) is 5.75 Å². The summed E-state index contributed by atoms with van der Waals surface area (Å²) in [5, 5.41) is 0. The molecule has 0 heterocycles. The van der Waals surface area contributed by atoms with Gasteiger partial charge < -0.3 is 9.47 Å². The molecule has 1 aliphatic rings. The quantitative estimate of drug-likeness (QED) is 0.378. The second-order valence-corrected chi connectivity index (χ2v) is 14.6. The lowest BCUT2D eigenvalue weighted by Crippen LogP contribution is -2.37. The van der Waals surface area contributed by atoms with Crippen LogP contribution in [0.3, 0.4) is 0 Å². The molecule has 1 aliphatic carbocycles. The van der Waals surface area contributed by atoms with Gasteiger partial charge in [-0.3, -0.25) is 0 Å². The number of methoxy groups -OCH3 is 1. The first-order valence-corrected chi connectivity index (χ1v) is 13.7. The normalized spacial score (nSPS) is 16.2. The van der Waals surface area contributed by atoms with Gasteiger partial charge in [-0.25, -0.2) is 0 Å². The number of fused-ring (bicyclic) bond motifs is 1. The average Bonchev–Trinajstić information content (AvgIpc) is 3.05. The van der Waals surface area contributed by atoms with Gasteiger partial charge in [-0.15, -0.1) is 0 Å². The fraction of sp³-hybridized carbons (Fsp3) is 0.385. The fourth-order valence-electron chi connectivity index (χ4n) is 4.38. The van der Waals surface area contributed by atoms with E-state index in [9.17, 15) is 0 Å². The molecule has 3 heteroatoms. The molecule has 0 bridgehead atoms. The standard InChI is InChI=1S/C26H34O2Si/c1-8-16-28-25-19(12-11-15-22(25)26(2,3)4)18-29(6,7)24-17-23(27-5)20-13-9-10-14-21(20)24/h8-15,17,24H,1,16,18H2,2-7H3. The molecule has 3 rings (SSSR count). The highest BCUT2D eigenvalue weighted by atomic mass is 28.3. The lowest BCUT2D eigenvalue weighted by molar-refractivity contribution is 0.348. The van der Waals surface area contributed by atoms with Gasteiger partial charge in [0.25, 0.3) is 0 Å². The van der Waals surface area contributed by atoms with Gasteiger partial charge in [0.2, 0.25) is 0 Å². The molecule has 0 fully saturated rings. The van der Waals surface area contributed by atoms with E-state index in [0.29, 0.717) is 12.1 Å². The predicted molar refractivity (Wildman–Crippen MR) is 126 cm³/mol. The smallest absolute Gasteiger partial charge is 0.126 e. The Morgan fingerprint density at radius 2 is 1.79 bits per heavy atom. The van der Waals surface area contributed by atoms with Crippen molar-refractivity contribution in [2.45, 2.75) is 50.9 Å². The Kier molecular flexibility index (Phi) is 6.09. The number of rotatable bonds is 7. The van der Waals surface area contributed by atoms with E-state index in [1.54, 1.807) is 7.11 Å². The van der Waals surface area contributed by atoms with Crippen LogP contribution in [0.25, 0.3) is 5.76 Å². The summed E-state index contributed by atoms with van der Waals surface area (Å²) in [4.78, 5) is 0. The molecule has 0 N–H and O–H groups in total. The minimum absolute atomic E-state index is 0.0291. The molecule has 154 valence electrons. The molecule has 0 radical (unpaired) electrons. The van der Waals surface area contributed by atoms with Crippen molar-refractivity contribution in [3.05, 3.63) is 83.4 Å². The summed E-state index contributed by atoms with van der Waals surface area (Å²) in [6, 6.07) is 16.3. The topological polar surface area (TPSA) is 18.5 Å². The molecule has 0 aromatic heterocycles. The van der Waals surface area contributed by atoms with Crippen LogP contribution in [0.2, 0.25) is 13.1 Å². The van der Waals surface area contributed by atoms with Crippen LogP contribution in [-0.4, -0.2) is 21.8 Å². The third-order valence-corrected chi connectivity index (χ3v) is 9.29. The van der Waals surface area contributed by atoms with Gasteiger partial charge in [0, 0.05) is 11.1 Å². The van der Waals surface area contributed by atoms with Crippen LogP contribution in [0.1, 0.15) is 48.6 Å². The summed E-state index contributed by atoms with van der Waals surface area (Å²) in [5.74, 6) is 2.06. The van der Waals surface area contributed by atoms with Gasteiger partial charge in [0.15, 0.2) is 0 Å². The molecule has 0 amide bonds. The molecule has 2 nitrogen and oxygen atoms in total. The van der Waals surface area contributed by atoms with Crippen molar-refractivity contribution in [1.82, 2.24) is 0 Å². The van der Waals surface area contributed by atoms with Crippen molar-refractivity contribution in [3.63, 3.8) is 0 Å². The zero-order chi connectivity index (χ0) is 21.2. The van der Waals surface area contributed by atoms with E-state index in [2.05, 4.69) is 89.0 Å². The zero-order valence-corrected chi connectivity index (χ0v) is 19.7. The highest BCUT2D eigenvalue weighted by Gasteiger charge is 2.38. The Labute approximate surface area is 177 Å². The maximum atomic E-state index is 6.23. The van der Waals surface area contributed by atoms with Crippen LogP contribution in [0.5, 0.6) is 5.75 Å². The lowest BCUT2D eigenvalue weighted by Gasteiger charge is -2.32. The van der Waals surface area contributed by atoms with E-state index in [-0.39, 0.29) is 5.41 Å². The minimum Gasteiger partial charge on any atom is -0.496 e. The summed E-state index contributed by atoms with van der Waals surface area (Å²) >= 11 is 0. The summed E-state index contributed by atoms with van der Waals surface area (Å²) in [6.45, 7) is 16.1. The maximum absolute atomic E-state index is 6.23. The molecule has 0 saturated heterocycles. The van der Waals surface area contributed by atoms with Crippen LogP contribution in [-0.2, 0) is 16.2 Å². The van der Waals surface area contributed by atoms with Gasteiger partial charge in [-0.1, -0.05) is 89.0 Å². The molecule has 0 spiro atoms. The first-order chi connectivity index (χ1) is 13.7. The van der Waals surface area contributed by atoms with E-state index in [4.69, 9.17) is 9.47 Å². The summed E-state index contributed by atoms with van der Waals surface area (Å²) in [6.07, 6.45) is 4.17. The number of benzene rings is 2. The molecular formula is C26H34O2Si. The fourth-order valence-corrected chi connectivity index (χ4v) is 7.55. The van der Waals surface area contributed by atoms with Crippen molar-refractivity contribution >= 4 is 13.8 Å². The number of para-hydroxylation sites is 1. The van der Waals surface area contributed by atoms with Gasteiger partial charge in [-0.05, 0) is 34.2 Å². The van der Waals surface area contributed by atoms with Crippen LogP contribution in [0, 0.1) is 0 Å². The van der Waals surface area contributed by atoms with Crippen molar-refractivity contribution in [2.24, 2.45) is 0 Å². The Hall–Kier alpha value is -2.26. The minimum atomic E-state index is -1.74. The maximum Gasteiger partial charge on any atom is 0.126 e. The van der Waals surface area contributed by atoms with Crippen LogP contribution in [0.15, 0.2) is 61.2 Å². The van der Waals surface area contributed by atoms with Crippen LogP contribution in [0.4, 0.5) is 0 Å². The second-order valence-electron chi connectivity index (χ2n) is 9.61. The number of hydrogen-bond donors (Lipinski definition) is 0. The third-order valence-electron chi connectivity index (χ3n) is 5.84. The Balaban J connectivity index is 2.01. The highest BCUT2D eigenvalue weighted by molar-refractivity contribution is 6.79. The largest absolute Gasteiger partial charge is 0.496 e. The molecule has 29 heavy (non-hydrogen) atoms. The number of allylic oxidation sites excluding steroid dienone is 1. The van der Waals surface area contributed by atoms with Crippen molar-refractivity contribution in [1.29, 1.82) is 0 Å². The van der Waals surface area contributed by atoms with Gasteiger partial charge in [0.05, 0.1) is 15.2 Å². The van der Waals surface area contributed by atoms with Crippen molar-refractivity contribution < 1.29 is 9.47 Å².